The monoisotopic (exact) mass is 455 g/mol. The second-order valence-electron chi connectivity index (χ2n) is 6.99. The molecule has 5 heterocycles. The Morgan fingerprint density at radius 1 is 1.19 bits per heavy atom. The highest BCUT2D eigenvalue weighted by Gasteiger charge is 2.18. The van der Waals surface area contributed by atoms with Crippen LogP contribution < -0.4 is 21.2 Å². The van der Waals surface area contributed by atoms with Gasteiger partial charge in [0.2, 0.25) is 0 Å². The van der Waals surface area contributed by atoms with Gasteiger partial charge in [0.1, 0.15) is 5.00 Å². The minimum Gasteiger partial charge on any atom is -0.367 e. The van der Waals surface area contributed by atoms with Crippen molar-refractivity contribution < 1.29 is 4.79 Å². The topological polar surface area (TPSA) is 96.6 Å². The number of amides is 1. The second-order valence-corrected chi connectivity index (χ2v) is 8.49. The smallest absolute Gasteiger partial charge is 0.355 e. The maximum absolute atomic E-state index is 12.9. The number of pyridine rings is 2. The Morgan fingerprint density at radius 2 is 2.03 bits per heavy atom. The van der Waals surface area contributed by atoms with Crippen molar-refractivity contribution in [3.05, 3.63) is 69.3 Å². The lowest BCUT2D eigenvalue weighted by molar-refractivity contribution is 0.103. The number of nitrogens with zero attached hydrogens (tertiary/aromatic N) is 5. The molecule has 0 atom stereocenters. The molecular weight excluding hydrogens is 438 g/mol. The van der Waals surface area contributed by atoms with Gasteiger partial charge in [-0.3, -0.25) is 9.78 Å². The van der Waals surface area contributed by atoms with Crippen LogP contribution in [0.25, 0.3) is 10.6 Å². The number of anilines is 2. The summed E-state index contributed by atoms with van der Waals surface area (Å²) in [5.74, 6) is -0.263. The summed E-state index contributed by atoms with van der Waals surface area (Å²) in [7, 11) is 0. The van der Waals surface area contributed by atoms with Crippen molar-refractivity contribution in [3.63, 3.8) is 0 Å². The van der Waals surface area contributed by atoms with Crippen LogP contribution in [0.3, 0.4) is 0 Å². The molecule has 4 aromatic heterocycles. The highest BCUT2D eigenvalue weighted by molar-refractivity contribution is 7.16. The van der Waals surface area contributed by atoms with E-state index in [0.717, 1.165) is 31.9 Å². The van der Waals surface area contributed by atoms with Crippen molar-refractivity contribution in [2.45, 2.75) is 0 Å². The van der Waals surface area contributed by atoms with Crippen LogP contribution in [-0.4, -0.2) is 51.3 Å². The molecule has 0 radical (unpaired) electrons. The summed E-state index contributed by atoms with van der Waals surface area (Å²) in [6, 6.07) is 8.52. The van der Waals surface area contributed by atoms with E-state index < -0.39 is 0 Å². The number of hydrogen-bond acceptors (Lipinski definition) is 7. The third kappa shape index (κ3) is 3.80. The molecule has 0 aliphatic carbocycles. The number of aromatic nitrogens is 4. The van der Waals surface area contributed by atoms with Crippen LogP contribution in [0.1, 0.15) is 9.67 Å². The lowest BCUT2D eigenvalue weighted by Crippen LogP contribution is -2.43. The minimum atomic E-state index is -0.325. The molecule has 1 saturated heterocycles. The standard InChI is InChI=1S/C20H18ClN7O2S/c21-13-4-8-27-17(11-13)25-28(20(27)30)18-2-1-16(31-18)19(29)24-14-12-23-5-3-15(14)26-9-6-22-7-10-26/h1-5,8,11-12,22H,6-7,9-10H2,(H,24,29). The number of fused-ring (bicyclic) bond motifs is 1. The van der Waals surface area contributed by atoms with Crippen LogP contribution in [0.2, 0.25) is 5.02 Å². The Kier molecular flexibility index (Phi) is 5.18. The van der Waals surface area contributed by atoms with E-state index in [1.165, 1.54) is 20.4 Å². The molecule has 31 heavy (non-hydrogen) atoms. The van der Waals surface area contributed by atoms with E-state index in [0.29, 0.717) is 26.2 Å². The van der Waals surface area contributed by atoms with Gasteiger partial charge in [-0.15, -0.1) is 16.4 Å². The Labute approximate surface area is 185 Å². The first kappa shape index (κ1) is 19.7. The van der Waals surface area contributed by atoms with Gasteiger partial charge in [-0.25, -0.2) is 9.20 Å². The van der Waals surface area contributed by atoms with Gasteiger partial charge in [-0.2, -0.15) is 4.68 Å². The number of halogens is 1. The van der Waals surface area contributed by atoms with E-state index in [1.54, 1.807) is 42.9 Å². The van der Waals surface area contributed by atoms with E-state index in [9.17, 15) is 9.59 Å². The second kappa shape index (κ2) is 8.14. The van der Waals surface area contributed by atoms with Crippen molar-refractivity contribution in [2.75, 3.05) is 36.4 Å². The molecule has 1 aliphatic heterocycles. The molecule has 0 aromatic carbocycles. The Hall–Kier alpha value is -3.21. The zero-order valence-corrected chi connectivity index (χ0v) is 17.9. The van der Waals surface area contributed by atoms with Crippen LogP contribution in [0, 0.1) is 0 Å². The van der Waals surface area contributed by atoms with E-state index >= 15 is 0 Å². The molecular formula is C20H18ClN7O2S. The number of piperazine rings is 1. The first-order valence-electron chi connectivity index (χ1n) is 9.68. The molecule has 0 unspecified atom stereocenters. The van der Waals surface area contributed by atoms with E-state index in [1.807, 2.05) is 6.07 Å². The van der Waals surface area contributed by atoms with Gasteiger partial charge in [-0.05, 0) is 24.3 Å². The number of carbonyl (C=O) groups excluding carboxylic acids is 1. The summed E-state index contributed by atoms with van der Waals surface area (Å²) in [5, 5.41) is 11.6. The molecule has 4 aromatic rings. The third-order valence-electron chi connectivity index (χ3n) is 5.01. The molecule has 0 spiro atoms. The van der Waals surface area contributed by atoms with Gasteiger partial charge in [0.05, 0.1) is 22.4 Å². The van der Waals surface area contributed by atoms with Gasteiger partial charge in [0.15, 0.2) is 5.65 Å². The first-order chi connectivity index (χ1) is 15.1. The van der Waals surface area contributed by atoms with Crippen LogP contribution in [-0.2, 0) is 0 Å². The number of thiophene rings is 1. The fourth-order valence-corrected chi connectivity index (χ4v) is 4.51. The van der Waals surface area contributed by atoms with Gasteiger partial charge in [-0.1, -0.05) is 11.6 Å². The van der Waals surface area contributed by atoms with Crippen molar-refractivity contribution in [3.8, 4) is 5.00 Å². The lowest BCUT2D eigenvalue weighted by atomic mass is 10.2. The normalized spacial score (nSPS) is 14.2. The summed E-state index contributed by atoms with van der Waals surface area (Å²) < 4.78 is 2.67. The van der Waals surface area contributed by atoms with Crippen molar-refractivity contribution in [1.29, 1.82) is 0 Å². The fraction of sp³-hybridized carbons (Fsp3) is 0.200. The van der Waals surface area contributed by atoms with Gasteiger partial charge in [0.25, 0.3) is 5.91 Å². The van der Waals surface area contributed by atoms with Crippen LogP contribution in [0.4, 0.5) is 11.4 Å². The summed E-state index contributed by atoms with van der Waals surface area (Å²) in [5.41, 5.74) is 1.71. The van der Waals surface area contributed by atoms with E-state index in [-0.39, 0.29) is 11.6 Å². The highest BCUT2D eigenvalue weighted by Crippen LogP contribution is 2.27. The number of carbonyl (C=O) groups is 1. The zero-order chi connectivity index (χ0) is 21.4. The number of nitrogens with one attached hydrogen (secondary N) is 2. The molecule has 0 saturated carbocycles. The largest absolute Gasteiger partial charge is 0.367 e. The summed E-state index contributed by atoms with van der Waals surface area (Å²) >= 11 is 7.18. The molecule has 158 valence electrons. The molecule has 11 heteroatoms. The molecule has 9 nitrogen and oxygen atoms in total. The lowest BCUT2D eigenvalue weighted by Gasteiger charge is -2.30. The van der Waals surface area contributed by atoms with Crippen molar-refractivity contribution in [1.82, 2.24) is 24.5 Å². The average molecular weight is 456 g/mol. The highest BCUT2D eigenvalue weighted by atomic mass is 35.5. The van der Waals surface area contributed by atoms with Gasteiger partial charge < -0.3 is 15.5 Å². The maximum atomic E-state index is 12.9. The van der Waals surface area contributed by atoms with Crippen molar-refractivity contribution >= 4 is 45.9 Å². The number of rotatable bonds is 4. The zero-order valence-electron chi connectivity index (χ0n) is 16.3. The minimum absolute atomic E-state index is 0.263. The summed E-state index contributed by atoms with van der Waals surface area (Å²) in [4.78, 5) is 32.4. The average Bonchev–Trinajstić information content (AvgIpc) is 3.39. The molecule has 5 rings (SSSR count). The molecule has 0 bridgehead atoms. The summed E-state index contributed by atoms with van der Waals surface area (Å²) in [6.07, 6.45) is 4.95. The maximum Gasteiger partial charge on any atom is 0.355 e. The molecule has 1 fully saturated rings. The fourth-order valence-electron chi connectivity index (χ4n) is 3.51. The third-order valence-corrected chi connectivity index (χ3v) is 6.31. The van der Waals surface area contributed by atoms with Crippen molar-refractivity contribution in [2.24, 2.45) is 0 Å². The SMILES string of the molecule is O=C(Nc1cnccc1N1CCNCC1)c1ccc(-n2nc3cc(Cl)ccn3c2=O)s1. The molecule has 1 aliphatic rings. The number of hydrogen-bond donors (Lipinski definition) is 2. The first-order valence-corrected chi connectivity index (χ1v) is 10.9. The predicted octanol–water partition coefficient (Wildman–Crippen LogP) is 2.26. The van der Waals surface area contributed by atoms with Crippen LogP contribution >= 0.6 is 22.9 Å². The van der Waals surface area contributed by atoms with Crippen LogP contribution in [0.5, 0.6) is 0 Å². The van der Waals surface area contributed by atoms with Gasteiger partial charge in [0, 0.05) is 49.7 Å². The van der Waals surface area contributed by atoms with Gasteiger partial charge >= 0.3 is 5.69 Å². The Balaban J connectivity index is 1.41. The van der Waals surface area contributed by atoms with Crippen LogP contribution in [0.15, 0.2) is 53.7 Å². The Morgan fingerprint density at radius 3 is 2.87 bits per heavy atom. The van der Waals surface area contributed by atoms with E-state index in [4.69, 9.17) is 11.6 Å². The predicted molar refractivity (Wildman–Crippen MR) is 121 cm³/mol. The Bertz CT molecular complexity index is 1320. The quantitative estimate of drug-likeness (QED) is 0.490. The summed E-state index contributed by atoms with van der Waals surface area (Å²) in [6.45, 7) is 3.50. The molecule has 2 N–H and O–H groups in total. The molecule has 1 amide bonds. The van der Waals surface area contributed by atoms with E-state index in [2.05, 4.69) is 25.6 Å².